The smallest absolute Gasteiger partial charge is 0.248 e. The van der Waals surface area contributed by atoms with Gasteiger partial charge in [0.15, 0.2) is 0 Å². The van der Waals surface area contributed by atoms with Gasteiger partial charge in [-0.15, -0.1) is 0 Å². The number of aromatic hydroxyl groups is 1. The third-order valence-corrected chi connectivity index (χ3v) is 3.43. The van der Waals surface area contributed by atoms with E-state index >= 15 is 0 Å². The third kappa shape index (κ3) is 2.12. The number of hydrogen-bond acceptors (Lipinski definition) is 5. The number of nitrogens with two attached hydrogens (primary N) is 1. The summed E-state index contributed by atoms with van der Waals surface area (Å²) in [6, 6.07) is 6.15. The Morgan fingerprint density at radius 3 is 2.62 bits per heavy atom. The molecule has 0 saturated carbocycles. The monoisotopic (exact) mass is 285 g/mol. The average molecular weight is 285 g/mol. The highest BCUT2D eigenvalue weighted by Gasteiger charge is 2.32. The molecule has 0 unspecified atom stereocenters. The van der Waals surface area contributed by atoms with Gasteiger partial charge >= 0.3 is 0 Å². The normalized spacial score (nSPS) is 17.3. The van der Waals surface area contributed by atoms with Crippen molar-refractivity contribution in [3.8, 4) is 5.75 Å². The van der Waals surface area contributed by atoms with E-state index < -0.39 is 11.9 Å². The first kappa shape index (κ1) is 13.2. The van der Waals surface area contributed by atoms with E-state index in [-0.39, 0.29) is 5.75 Å². The van der Waals surface area contributed by atoms with Crippen LogP contribution in [0.3, 0.4) is 0 Å². The number of phenolic OH excluding ortho intramolecular Hbond substituents is 1. The van der Waals surface area contributed by atoms with Crippen LogP contribution in [0.4, 0.5) is 5.95 Å². The molecule has 0 radical (unpaired) electrons. The van der Waals surface area contributed by atoms with E-state index in [1.807, 2.05) is 0 Å². The van der Waals surface area contributed by atoms with Crippen LogP contribution in [-0.4, -0.2) is 25.8 Å². The maximum absolute atomic E-state index is 11.8. The predicted molar refractivity (Wildman–Crippen MR) is 76.5 cm³/mol. The molecule has 1 aromatic heterocycles. The molecule has 2 heterocycles. The van der Waals surface area contributed by atoms with Gasteiger partial charge in [-0.05, 0) is 31.5 Å². The molecule has 7 nitrogen and oxygen atoms in total. The molecular formula is C14H15N5O2. The van der Waals surface area contributed by atoms with Gasteiger partial charge in [-0.25, -0.2) is 4.68 Å². The van der Waals surface area contributed by atoms with E-state index in [0.717, 1.165) is 5.56 Å². The molecule has 0 fully saturated rings. The van der Waals surface area contributed by atoms with E-state index in [2.05, 4.69) is 15.4 Å². The highest BCUT2D eigenvalue weighted by molar-refractivity contribution is 5.95. The Kier molecular flexibility index (Phi) is 2.90. The first-order valence-electron chi connectivity index (χ1n) is 6.47. The quantitative estimate of drug-likeness (QED) is 0.765. The lowest BCUT2D eigenvalue weighted by Crippen LogP contribution is -2.31. The van der Waals surface area contributed by atoms with Crippen LogP contribution in [0.2, 0.25) is 0 Å². The van der Waals surface area contributed by atoms with Crippen molar-refractivity contribution >= 4 is 11.9 Å². The molecule has 1 aliphatic rings. The van der Waals surface area contributed by atoms with Crippen LogP contribution in [0.15, 0.2) is 35.5 Å². The van der Waals surface area contributed by atoms with E-state index in [0.29, 0.717) is 23.0 Å². The number of phenols is 1. The zero-order valence-corrected chi connectivity index (χ0v) is 11.7. The number of benzene rings is 1. The van der Waals surface area contributed by atoms with E-state index in [1.54, 1.807) is 42.8 Å². The van der Waals surface area contributed by atoms with Gasteiger partial charge in [-0.2, -0.15) is 10.1 Å². The average Bonchev–Trinajstić information content (AvgIpc) is 2.77. The highest BCUT2D eigenvalue weighted by atomic mass is 16.3. The third-order valence-electron chi connectivity index (χ3n) is 3.43. The van der Waals surface area contributed by atoms with Gasteiger partial charge in [-0.1, -0.05) is 12.1 Å². The molecule has 1 aromatic carbocycles. The van der Waals surface area contributed by atoms with E-state index in [1.165, 1.54) is 0 Å². The van der Waals surface area contributed by atoms with Crippen molar-refractivity contribution in [2.24, 2.45) is 5.73 Å². The molecule has 0 aliphatic carbocycles. The van der Waals surface area contributed by atoms with Gasteiger partial charge in [-0.3, -0.25) is 4.79 Å². The van der Waals surface area contributed by atoms with E-state index in [9.17, 15) is 9.90 Å². The lowest BCUT2D eigenvalue weighted by atomic mass is 9.95. The zero-order valence-electron chi connectivity index (χ0n) is 11.7. The summed E-state index contributed by atoms with van der Waals surface area (Å²) in [6.45, 7) is 3.56. The molecule has 4 N–H and O–H groups in total. The first-order chi connectivity index (χ1) is 9.97. The lowest BCUT2D eigenvalue weighted by Gasteiger charge is -2.27. The van der Waals surface area contributed by atoms with Crippen LogP contribution in [-0.2, 0) is 4.79 Å². The molecule has 3 rings (SSSR count). The lowest BCUT2D eigenvalue weighted by molar-refractivity contribution is -0.115. The van der Waals surface area contributed by atoms with Crippen molar-refractivity contribution in [3.05, 3.63) is 46.9 Å². The minimum absolute atomic E-state index is 0.156. The summed E-state index contributed by atoms with van der Waals surface area (Å²) in [6.07, 6.45) is 0. The van der Waals surface area contributed by atoms with Crippen molar-refractivity contribution in [2.75, 3.05) is 5.32 Å². The number of rotatable bonds is 2. The summed E-state index contributed by atoms with van der Waals surface area (Å²) in [5.41, 5.74) is 7.41. The number of carbonyl (C=O) groups is 1. The number of fused-ring (bicyclic) bond motifs is 1. The summed E-state index contributed by atoms with van der Waals surface area (Å²) < 4.78 is 1.63. The van der Waals surface area contributed by atoms with Crippen LogP contribution >= 0.6 is 0 Å². The number of aromatic nitrogens is 3. The molecule has 7 heteroatoms. The number of hydrogen-bond donors (Lipinski definition) is 3. The van der Waals surface area contributed by atoms with Gasteiger partial charge in [0.05, 0.1) is 5.57 Å². The summed E-state index contributed by atoms with van der Waals surface area (Å²) in [7, 11) is 0. The van der Waals surface area contributed by atoms with Crippen molar-refractivity contribution in [1.82, 2.24) is 14.8 Å². The number of aryl methyl sites for hydroxylation is 1. The Balaban J connectivity index is 2.21. The Morgan fingerprint density at radius 2 is 2.00 bits per heavy atom. The molecular weight excluding hydrogens is 270 g/mol. The van der Waals surface area contributed by atoms with Gasteiger partial charge < -0.3 is 16.2 Å². The first-order valence-corrected chi connectivity index (χ1v) is 6.47. The number of carbonyl (C=O) groups excluding carboxylic acids is 1. The molecule has 0 saturated heterocycles. The van der Waals surface area contributed by atoms with Crippen molar-refractivity contribution in [1.29, 1.82) is 0 Å². The summed E-state index contributed by atoms with van der Waals surface area (Å²) in [5, 5.41) is 16.8. The van der Waals surface area contributed by atoms with Gasteiger partial charge in [0.1, 0.15) is 17.6 Å². The predicted octanol–water partition coefficient (Wildman–Crippen LogP) is 1.07. The molecule has 1 amide bonds. The fraction of sp³-hybridized carbons (Fsp3) is 0.214. The maximum atomic E-state index is 11.8. The van der Waals surface area contributed by atoms with Crippen LogP contribution in [0.25, 0.3) is 0 Å². The molecule has 1 aliphatic heterocycles. The maximum Gasteiger partial charge on any atom is 0.248 e. The standard InChI is InChI=1S/C14H15N5O2/c1-7-11(13(15)21)12(9-3-5-10(20)6-4-9)19-14(16-7)17-8(2)18-19/h3-6,12,20H,1-2H3,(H2,15,21)(H,16,17,18)/t12-/m1/s1. The minimum Gasteiger partial charge on any atom is -0.508 e. The Morgan fingerprint density at radius 1 is 1.33 bits per heavy atom. The van der Waals surface area contributed by atoms with Gasteiger partial charge in [0.2, 0.25) is 11.9 Å². The van der Waals surface area contributed by atoms with Crippen molar-refractivity contribution in [3.63, 3.8) is 0 Å². The van der Waals surface area contributed by atoms with Gasteiger partial charge in [0, 0.05) is 5.70 Å². The summed E-state index contributed by atoms with van der Waals surface area (Å²) >= 11 is 0. The largest absolute Gasteiger partial charge is 0.508 e. The van der Waals surface area contributed by atoms with Crippen LogP contribution in [0, 0.1) is 6.92 Å². The number of nitrogens with zero attached hydrogens (tertiary/aromatic N) is 3. The summed E-state index contributed by atoms with van der Waals surface area (Å²) in [5.74, 6) is 0.800. The molecule has 0 spiro atoms. The fourth-order valence-corrected chi connectivity index (χ4v) is 2.54. The number of allylic oxidation sites excluding steroid dienone is 1. The molecule has 1 atom stereocenters. The molecule has 0 bridgehead atoms. The molecule has 2 aromatic rings. The molecule has 108 valence electrons. The number of amides is 1. The Hall–Kier alpha value is -2.83. The van der Waals surface area contributed by atoms with E-state index in [4.69, 9.17) is 5.73 Å². The second-order valence-electron chi connectivity index (χ2n) is 4.95. The van der Waals surface area contributed by atoms with Gasteiger partial charge in [0.25, 0.3) is 0 Å². The number of nitrogens with one attached hydrogen (secondary N) is 1. The fourth-order valence-electron chi connectivity index (χ4n) is 2.54. The van der Waals surface area contributed by atoms with Crippen LogP contribution < -0.4 is 11.1 Å². The molecule has 21 heavy (non-hydrogen) atoms. The zero-order chi connectivity index (χ0) is 15.1. The second-order valence-corrected chi connectivity index (χ2v) is 4.95. The highest BCUT2D eigenvalue weighted by Crippen LogP contribution is 2.35. The topological polar surface area (TPSA) is 106 Å². The summed E-state index contributed by atoms with van der Waals surface area (Å²) in [4.78, 5) is 16.1. The number of primary amides is 1. The Bertz CT molecular complexity index is 745. The Labute approximate surface area is 121 Å². The SMILES string of the molecule is CC1=C(C(N)=O)[C@@H](c2ccc(O)cc2)n2nc(C)nc2N1. The minimum atomic E-state index is -0.517. The van der Waals surface area contributed by atoms with Crippen molar-refractivity contribution < 1.29 is 9.90 Å². The van der Waals surface area contributed by atoms with Crippen molar-refractivity contribution in [2.45, 2.75) is 19.9 Å². The number of anilines is 1. The van der Waals surface area contributed by atoms with Crippen LogP contribution in [0.5, 0.6) is 5.75 Å². The van der Waals surface area contributed by atoms with Crippen LogP contribution in [0.1, 0.15) is 24.4 Å². The second kappa shape index (κ2) is 4.62.